The molecule has 4 aliphatic heterocycles. The lowest BCUT2D eigenvalue weighted by Gasteiger charge is -2.37. The second kappa shape index (κ2) is 24.3. The zero-order valence-corrected chi connectivity index (χ0v) is 52.6. The van der Waals surface area contributed by atoms with E-state index in [0.717, 1.165) is 31.1 Å². The van der Waals surface area contributed by atoms with Gasteiger partial charge >= 0.3 is 0 Å². The van der Waals surface area contributed by atoms with Crippen molar-refractivity contribution in [2.75, 3.05) is 32.1 Å². The summed E-state index contributed by atoms with van der Waals surface area (Å²) >= 11 is 2.08. The standard InChI is InChI=1S/C13H25N.C13H24O.C13H24S.C13H22.C12H22O2/c3*1-12(2,3)10-8-7-9-14-11(10)13(4,5)6;1-12(2,3)10-8-7-9-11(10)13(4,5)6;1-11(2,3)9-10(12(4,5)6)14-8-7-13-9/h14H,7-9H2,1-6H3;2*7-9H2,1-6H3;7-8H,9H2,1-6H3;7-8H2,1-6H3. The molecule has 5 aliphatic rings. The molecule has 0 saturated heterocycles. The Hall–Kier alpha value is -2.01. The number of nitrogens with one attached hydrogen (secondary N) is 1. The Balaban J connectivity index is 0.000000431. The second-order valence-electron chi connectivity index (χ2n) is 30.8. The summed E-state index contributed by atoms with van der Waals surface area (Å²) in [5.41, 5.74) is 11.8. The predicted molar refractivity (Wildman–Crippen MR) is 309 cm³/mol. The molecular weight excluding hydrogens is 863 g/mol. The van der Waals surface area contributed by atoms with E-state index in [1.165, 1.54) is 61.3 Å². The van der Waals surface area contributed by atoms with E-state index >= 15 is 0 Å². The van der Waals surface area contributed by atoms with Gasteiger partial charge in [0.05, 0.1) is 6.61 Å². The van der Waals surface area contributed by atoms with Crippen molar-refractivity contribution in [3.63, 3.8) is 0 Å². The van der Waals surface area contributed by atoms with Gasteiger partial charge in [0.25, 0.3) is 0 Å². The van der Waals surface area contributed by atoms with Crippen LogP contribution >= 0.6 is 11.8 Å². The molecule has 0 bridgehead atoms. The zero-order chi connectivity index (χ0) is 54.2. The average Bonchev–Trinajstić information content (AvgIpc) is 3.69. The third-order valence-electron chi connectivity index (χ3n) is 13.0. The molecule has 4 heterocycles. The summed E-state index contributed by atoms with van der Waals surface area (Å²) in [6, 6.07) is 0. The van der Waals surface area contributed by atoms with Crippen molar-refractivity contribution in [1.82, 2.24) is 5.32 Å². The summed E-state index contributed by atoms with van der Waals surface area (Å²) in [7, 11) is 0. The van der Waals surface area contributed by atoms with Crippen LogP contribution in [0.25, 0.3) is 0 Å². The van der Waals surface area contributed by atoms with Crippen molar-refractivity contribution in [2.24, 2.45) is 54.1 Å². The van der Waals surface area contributed by atoms with E-state index in [1.54, 1.807) is 27.2 Å². The van der Waals surface area contributed by atoms with Crippen LogP contribution in [0, 0.1) is 54.1 Å². The van der Waals surface area contributed by atoms with E-state index in [2.05, 4.69) is 237 Å². The van der Waals surface area contributed by atoms with Gasteiger partial charge in [-0.15, -0.1) is 11.8 Å². The summed E-state index contributed by atoms with van der Waals surface area (Å²) in [4.78, 5) is 1.65. The first-order valence-electron chi connectivity index (χ1n) is 27.3. The first-order valence-corrected chi connectivity index (χ1v) is 28.3. The zero-order valence-electron chi connectivity index (χ0n) is 51.8. The smallest absolute Gasteiger partial charge is 0.140 e. The largest absolute Gasteiger partial charge is 0.497 e. The lowest BCUT2D eigenvalue weighted by molar-refractivity contribution is 0.00833. The van der Waals surface area contributed by atoms with Gasteiger partial charge in [-0.2, -0.15) is 0 Å². The van der Waals surface area contributed by atoms with E-state index in [9.17, 15) is 0 Å². The predicted octanol–water partition coefficient (Wildman–Crippen LogP) is 20.4. The van der Waals surface area contributed by atoms with E-state index in [4.69, 9.17) is 14.2 Å². The van der Waals surface area contributed by atoms with Crippen molar-refractivity contribution in [3.05, 3.63) is 67.9 Å². The van der Waals surface area contributed by atoms with Gasteiger partial charge in [0.15, 0.2) is 0 Å². The van der Waals surface area contributed by atoms with Gasteiger partial charge in [-0.25, -0.2) is 0 Å². The minimum atomic E-state index is 0.0308. The highest BCUT2D eigenvalue weighted by atomic mass is 32.2. The lowest BCUT2D eigenvalue weighted by atomic mass is 9.75. The second-order valence-corrected chi connectivity index (χ2v) is 31.9. The Morgan fingerprint density at radius 3 is 1.10 bits per heavy atom. The van der Waals surface area contributed by atoms with E-state index in [0.29, 0.717) is 40.3 Å². The molecule has 0 aromatic rings. The van der Waals surface area contributed by atoms with E-state index in [1.807, 2.05) is 0 Å². The van der Waals surface area contributed by atoms with Crippen LogP contribution in [-0.4, -0.2) is 32.1 Å². The van der Waals surface area contributed by atoms with Crippen LogP contribution in [0.4, 0.5) is 0 Å². The van der Waals surface area contributed by atoms with E-state index in [-0.39, 0.29) is 27.1 Å². The Morgan fingerprint density at radius 2 is 0.783 bits per heavy atom. The van der Waals surface area contributed by atoms with Gasteiger partial charge in [-0.05, 0) is 105 Å². The topological polar surface area (TPSA) is 39.7 Å². The van der Waals surface area contributed by atoms with Crippen molar-refractivity contribution in [2.45, 2.75) is 253 Å². The Kier molecular flexibility index (Phi) is 22.9. The quantitative estimate of drug-likeness (QED) is 0.262. The molecule has 5 heteroatoms. The summed E-state index contributed by atoms with van der Waals surface area (Å²) in [6.45, 7) is 71.6. The third kappa shape index (κ3) is 21.5. The summed E-state index contributed by atoms with van der Waals surface area (Å²) in [5, 5.41) is 3.60. The van der Waals surface area contributed by atoms with Crippen LogP contribution in [0.2, 0.25) is 0 Å². The molecule has 0 saturated carbocycles. The lowest BCUT2D eigenvalue weighted by Crippen LogP contribution is -2.33. The number of thioether (sulfide) groups is 1. The van der Waals surface area contributed by atoms with Crippen molar-refractivity contribution >= 4 is 11.8 Å². The Bertz CT molecular complexity index is 1520. The number of hydrogen-bond donors (Lipinski definition) is 1. The van der Waals surface area contributed by atoms with Crippen LogP contribution in [0.5, 0.6) is 0 Å². The number of hydrogen-bond acceptors (Lipinski definition) is 5. The molecule has 0 atom stereocenters. The Morgan fingerprint density at radius 1 is 0.377 bits per heavy atom. The molecule has 1 aliphatic carbocycles. The highest BCUT2D eigenvalue weighted by Gasteiger charge is 2.35. The molecule has 0 aromatic carbocycles. The molecule has 0 amide bonds. The maximum absolute atomic E-state index is 5.86. The molecule has 4 nitrogen and oxygen atoms in total. The minimum Gasteiger partial charge on any atom is -0.497 e. The number of ether oxygens (including phenoxy) is 3. The highest BCUT2D eigenvalue weighted by molar-refractivity contribution is 8.03. The van der Waals surface area contributed by atoms with Crippen LogP contribution in [0.1, 0.15) is 253 Å². The Labute approximate surface area is 436 Å². The summed E-state index contributed by atoms with van der Waals surface area (Å²) in [6.07, 6.45) is 13.3. The van der Waals surface area contributed by atoms with Crippen LogP contribution in [-0.2, 0) is 14.2 Å². The third-order valence-corrected chi connectivity index (χ3v) is 14.6. The first kappa shape index (κ1) is 65.0. The molecule has 0 radical (unpaired) electrons. The average molecular weight is 981 g/mol. The fourth-order valence-corrected chi connectivity index (χ4v) is 11.2. The number of allylic oxidation sites excluding steroid dienone is 12. The fraction of sp³-hybridized carbons (Fsp3) is 0.812. The van der Waals surface area contributed by atoms with Gasteiger partial charge in [-0.1, -0.05) is 231 Å². The molecule has 0 aromatic heterocycles. The molecular formula is C64H117NO3S. The van der Waals surface area contributed by atoms with Crippen molar-refractivity contribution in [3.8, 4) is 0 Å². The minimum absolute atomic E-state index is 0.0308. The van der Waals surface area contributed by atoms with Crippen molar-refractivity contribution in [1.29, 1.82) is 0 Å². The summed E-state index contributed by atoms with van der Waals surface area (Å²) < 4.78 is 17.3. The SMILES string of the molecule is CC(C)(C)C1=C(C(C)(C)C)CC=C1.CC(C)(C)C1=C(C(C)(C)C)NCCC1.CC(C)(C)C1=C(C(C)(C)C)OCCC1.CC(C)(C)C1=C(C(C)(C)C)OCCO1.CC(C)(C)C1=C(C(C)(C)C)SCCC1. The maximum atomic E-state index is 5.86. The monoisotopic (exact) mass is 980 g/mol. The molecule has 69 heavy (non-hydrogen) atoms. The normalized spacial score (nSPS) is 19.4. The van der Waals surface area contributed by atoms with Gasteiger partial charge in [0.2, 0.25) is 0 Å². The fourth-order valence-electron chi connectivity index (χ4n) is 9.65. The molecule has 5 rings (SSSR count). The molecule has 0 fully saturated rings. The van der Waals surface area contributed by atoms with Gasteiger partial charge in [0, 0.05) is 33.9 Å². The maximum Gasteiger partial charge on any atom is 0.140 e. The van der Waals surface area contributed by atoms with Crippen molar-refractivity contribution < 1.29 is 14.2 Å². The molecule has 0 unspecified atom stereocenters. The van der Waals surface area contributed by atoms with Gasteiger partial charge < -0.3 is 19.5 Å². The first-order chi connectivity index (χ1) is 30.6. The van der Waals surface area contributed by atoms with E-state index < -0.39 is 0 Å². The van der Waals surface area contributed by atoms with Gasteiger partial charge in [0.1, 0.15) is 30.5 Å². The molecule has 0 spiro atoms. The number of rotatable bonds is 0. The van der Waals surface area contributed by atoms with Gasteiger partial charge in [-0.3, -0.25) is 0 Å². The molecule has 402 valence electrons. The van der Waals surface area contributed by atoms with Crippen LogP contribution in [0.3, 0.4) is 0 Å². The van der Waals surface area contributed by atoms with Crippen LogP contribution in [0.15, 0.2) is 67.9 Å². The summed E-state index contributed by atoms with van der Waals surface area (Å²) in [5.74, 6) is 4.57. The molecule has 1 N–H and O–H groups in total. The van der Waals surface area contributed by atoms with Crippen LogP contribution < -0.4 is 5.32 Å². The highest BCUT2D eigenvalue weighted by Crippen LogP contribution is 2.48.